The molecule has 0 aliphatic rings. The summed E-state index contributed by atoms with van der Waals surface area (Å²) >= 11 is 5.79. The second-order valence-corrected chi connectivity index (χ2v) is 6.19. The largest absolute Gasteiger partial charge is 0.494 e. The lowest BCUT2D eigenvalue weighted by molar-refractivity contribution is -0.120. The van der Waals surface area contributed by atoms with E-state index in [0.717, 1.165) is 18.4 Å². The maximum atomic E-state index is 12.1. The lowest BCUT2D eigenvalue weighted by atomic mass is 10.2. The van der Waals surface area contributed by atoms with Crippen LogP contribution in [0.1, 0.15) is 35.7 Å². The topological polar surface area (TPSA) is 79.8 Å². The summed E-state index contributed by atoms with van der Waals surface area (Å²) in [6, 6.07) is 13.8. The molecule has 2 amide bonds. The maximum Gasteiger partial charge on any atom is 0.259 e. The number of hydrogen-bond donors (Lipinski definition) is 2. The molecule has 142 valence electrons. The summed E-state index contributed by atoms with van der Waals surface area (Å²) in [4.78, 5) is 23.8. The Hall–Kier alpha value is -2.86. The quantitative estimate of drug-likeness (QED) is 0.393. The minimum absolute atomic E-state index is 0.175. The zero-order valence-corrected chi connectivity index (χ0v) is 15.8. The molecule has 0 saturated heterocycles. The molecule has 2 rings (SSSR count). The van der Waals surface area contributed by atoms with Crippen molar-refractivity contribution in [1.82, 2.24) is 10.7 Å². The van der Waals surface area contributed by atoms with Crippen LogP contribution in [0.2, 0.25) is 5.02 Å². The number of nitrogens with one attached hydrogen (secondary N) is 2. The third-order valence-corrected chi connectivity index (χ3v) is 3.82. The van der Waals surface area contributed by atoms with E-state index >= 15 is 0 Å². The Labute approximate surface area is 163 Å². The second-order valence-electron chi connectivity index (χ2n) is 5.75. The maximum absolute atomic E-state index is 12.1. The molecule has 7 heteroatoms. The van der Waals surface area contributed by atoms with Crippen LogP contribution >= 0.6 is 11.6 Å². The lowest BCUT2D eigenvalue weighted by Crippen LogP contribution is -2.34. The predicted octanol–water partition coefficient (Wildman–Crippen LogP) is 3.40. The molecule has 0 aliphatic carbocycles. The lowest BCUT2D eigenvalue weighted by Gasteiger charge is -2.07. The van der Waals surface area contributed by atoms with Gasteiger partial charge in [0.2, 0.25) is 0 Å². The number of amides is 2. The standard InChI is InChI=1S/C20H22ClN3O3/c1-2-3-12-27-18-10-6-16(7-11-18)20(26)22-14-19(25)24-23-13-15-4-8-17(21)9-5-15/h4-11,13H,2-3,12,14H2,1H3,(H,22,26)(H,24,25)/b23-13+. The van der Waals surface area contributed by atoms with Crippen LogP contribution in [0.3, 0.4) is 0 Å². The van der Waals surface area contributed by atoms with Gasteiger partial charge in [0.25, 0.3) is 11.8 Å². The number of hydrazone groups is 1. The number of benzene rings is 2. The highest BCUT2D eigenvalue weighted by molar-refractivity contribution is 6.30. The van der Waals surface area contributed by atoms with Crippen molar-refractivity contribution in [2.24, 2.45) is 5.10 Å². The van der Waals surface area contributed by atoms with Crippen LogP contribution < -0.4 is 15.5 Å². The molecule has 0 radical (unpaired) electrons. The van der Waals surface area contributed by atoms with Crippen molar-refractivity contribution in [3.8, 4) is 5.75 Å². The minimum atomic E-state index is -0.423. The van der Waals surface area contributed by atoms with Crippen molar-refractivity contribution < 1.29 is 14.3 Å². The summed E-state index contributed by atoms with van der Waals surface area (Å²) in [5.41, 5.74) is 3.60. The van der Waals surface area contributed by atoms with Gasteiger partial charge < -0.3 is 10.1 Å². The molecule has 0 bridgehead atoms. The molecular weight excluding hydrogens is 366 g/mol. The van der Waals surface area contributed by atoms with Crippen LogP contribution in [0.15, 0.2) is 53.6 Å². The minimum Gasteiger partial charge on any atom is -0.494 e. The van der Waals surface area contributed by atoms with Crippen molar-refractivity contribution in [3.05, 3.63) is 64.7 Å². The fourth-order valence-corrected chi connectivity index (χ4v) is 2.19. The van der Waals surface area contributed by atoms with Crippen LogP contribution in [0.4, 0.5) is 0 Å². The van der Waals surface area contributed by atoms with E-state index in [0.29, 0.717) is 22.9 Å². The first-order valence-corrected chi connectivity index (χ1v) is 9.05. The number of rotatable bonds is 9. The molecule has 0 aliphatic heterocycles. The zero-order chi connectivity index (χ0) is 19.5. The van der Waals surface area contributed by atoms with Gasteiger partial charge in [0.1, 0.15) is 5.75 Å². The second kappa shape index (κ2) is 11.0. The summed E-state index contributed by atoms with van der Waals surface area (Å²) < 4.78 is 5.55. The van der Waals surface area contributed by atoms with Crippen LogP contribution in [-0.4, -0.2) is 31.2 Å². The SMILES string of the molecule is CCCCOc1ccc(C(=O)NCC(=O)N/N=C/c2ccc(Cl)cc2)cc1. The third-order valence-electron chi connectivity index (χ3n) is 3.57. The fraction of sp³-hybridized carbons (Fsp3) is 0.250. The molecular formula is C20H22ClN3O3. The van der Waals surface area contributed by atoms with E-state index in [1.165, 1.54) is 6.21 Å². The number of hydrogen-bond acceptors (Lipinski definition) is 4. The Morgan fingerprint density at radius 2 is 1.81 bits per heavy atom. The van der Waals surface area contributed by atoms with Crippen molar-refractivity contribution in [2.45, 2.75) is 19.8 Å². The molecule has 0 heterocycles. The van der Waals surface area contributed by atoms with E-state index < -0.39 is 5.91 Å². The summed E-state index contributed by atoms with van der Waals surface area (Å²) in [6.07, 6.45) is 3.54. The monoisotopic (exact) mass is 387 g/mol. The van der Waals surface area contributed by atoms with Gasteiger partial charge in [-0.1, -0.05) is 37.1 Å². The van der Waals surface area contributed by atoms with Crippen LogP contribution in [0, 0.1) is 0 Å². The molecule has 2 aromatic carbocycles. The Kier molecular flexibility index (Phi) is 8.32. The van der Waals surface area contributed by atoms with E-state index in [1.807, 2.05) is 0 Å². The molecule has 0 aromatic heterocycles. The zero-order valence-electron chi connectivity index (χ0n) is 15.1. The van der Waals surface area contributed by atoms with Crippen LogP contribution in [0.25, 0.3) is 0 Å². The first-order valence-electron chi connectivity index (χ1n) is 8.67. The molecule has 0 fully saturated rings. The van der Waals surface area contributed by atoms with Gasteiger partial charge >= 0.3 is 0 Å². The molecule has 2 aromatic rings. The van der Waals surface area contributed by atoms with Gasteiger partial charge in [-0.2, -0.15) is 5.10 Å². The Morgan fingerprint density at radius 1 is 1.11 bits per heavy atom. The molecule has 2 N–H and O–H groups in total. The van der Waals surface area contributed by atoms with Crippen molar-refractivity contribution in [2.75, 3.05) is 13.2 Å². The van der Waals surface area contributed by atoms with Gasteiger partial charge in [0.05, 0.1) is 19.4 Å². The van der Waals surface area contributed by atoms with Crippen LogP contribution in [0.5, 0.6) is 5.75 Å². The number of halogens is 1. The van der Waals surface area contributed by atoms with Gasteiger partial charge in [-0.3, -0.25) is 9.59 Å². The Bertz CT molecular complexity index is 774. The van der Waals surface area contributed by atoms with E-state index in [-0.39, 0.29) is 12.5 Å². The average Bonchev–Trinajstić information content (AvgIpc) is 2.68. The van der Waals surface area contributed by atoms with E-state index in [9.17, 15) is 9.59 Å². The van der Waals surface area contributed by atoms with E-state index in [2.05, 4.69) is 22.8 Å². The summed E-state index contributed by atoms with van der Waals surface area (Å²) in [7, 11) is 0. The molecule has 0 atom stereocenters. The highest BCUT2D eigenvalue weighted by Gasteiger charge is 2.07. The third kappa shape index (κ3) is 7.50. The number of unbranched alkanes of at least 4 members (excludes halogenated alkanes) is 1. The number of ether oxygens (including phenoxy) is 1. The highest BCUT2D eigenvalue weighted by atomic mass is 35.5. The molecule has 0 saturated carbocycles. The van der Waals surface area contributed by atoms with Crippen LogP contribution in [-0.2, 0) is 4.79 Å². The van der Waals surface area contributed by atoms with Gasteiger partial charge in [0, 0.05) is 10.6 Å². The summed E-state index contributed by atoms with van der Waals surface area (Å²) in [5, 5.41) is 7.00. The van der Waals surface area contributed by atoms with Gasteiger partial charge in [-0.25, -0.2) is 5.43 Å². The van der Waals surface area contributed by atoms with Crippen molar-refractivity contribution in [1.29, 1.82) is 0 Å². The Balaban J connectivity index is 1.74. The summed E-state index contributed by atoms with van der Waals surface area (Å²) in [5.74, 6) is -0.0469. The highest BCUT2D eigenvalue weighted by Crippen LogP contribution is 2.12. The van der Waals surface area contributed by atoms with E-state index in [4.69, 9.17) is 16.3 Å². The smallest absolute Gasteiger partial charge is 0.259 e. The first-order chi connectivity index (χ1) is 13.1. The molecule has 0 unspecified atom stereocenters. The number of carbonyl (C=O) groups excluding carboxylic acids is 2. The summed E-state index contributed by atoms with van der Waals surface area (Å²) in [6.45, 7) is 2.57. The first kappa shape index (κ1) is 20.5. The van der Waals surface area contributed by atoms with Crippen molar-refractivity contribution >= 4 is 29.6 Å². The fourth-order valence-electron chi connectivity index (χ4n) is 2.07. The number of carbonyl (C=O) groups is 2. The predicted molar refractivity (Wildman–Crippen MR) is 106 cm³/mol. The molecule has 6 nitrogen and oxygen atoms in total. The van der Waals surface area contributed by atoms with Crippen molar-refractivity contribution in [3.63, 3.8) is 0 Å². The van der Waals surface area contributed by atoms with E-state index in [1.54, 1.807) is 48.5 Å². The van der Waals surface area contributed by atoms with Gasteiger partial charge in [-0.05, 0) is 48.4 Å². The molecule has 0 spiro atoms. The van der Waals surface area contributed by atoms with Gasteiger partial charge in [0.15, 0.2) is 0 Å². The normalized spacial score (nSPS) is 10.6. The molecule has 27 heavy (non-hydrogen) atoms. The van der Waals surface area contributed by atoms with Gasteiger partial charge in [-0.15, -0.1) is 0 Å². The average molecular weight is 388 g/mol. The number of nitrogens with zero attached hydrogens (tertiary/aromatic N) is 1. The Morgan fingerprint density at radius 3 is 2.48 bits per heavy atom.